The van der Waals surface area contributed by atoms with Gasteiger partial charge < -0.3 is 14.9 Å². The summed E-state index contributed by atoms with van der Waals surface area (Å²) in [5.41, 5.74) is 6.69. The number of rotatable bonds is 2. The van der Waals surface area contributed by atoms with E-state index in [0.29, 0.717) is 16.4 Å². The van der Waals surface area contributed by atoms with Crippen molar-refractivity contribution in [2.24, 2.45) is 5.73 Å². The van der Waals surface area contributed by atoms with Gasteiger partial charge in [0.15, 0.2) is 5.69 Å². The third-order valence-electron chi connectivity index (χ3n) is 2.41. The van der Waals surface area contributed by atoms with Crippen LogP contribution in [0.2, 0.25) is 5.02 Å². The quantitative estimate of drug-likeness (QED) is 0.829. The Labute approximate surface area is 103 Å². The Morgan fingerprint density at radius 2 is 2.29 bits per heavy atom. The van der Waals surface area contributed by atoms with E-state index in [4.69, 9.17) is 17.3 Å². The van der Waals surface area contributed by atoms with Crippen molar-refractivity contribution < 1.29 is 9.53 Å². The first-order valence-electron chi connectivity index (χ1n) is 5.06. The minimum Gasteiger partial charge on any atom is -0.464 e. The van der Waals surface area contributed by atoms with Crippen LogP contribution in [0.15, 0.2) is 18.3 Å². The lowest BCUT2D eigenvalue weighted by molar-refractivity contribution is 0.0597. The Morgan fingerprint density at radius 1 is 1.59 bits per heavy atom. The molecule has 2 aromatic heterocycles. The van der Waals surface area contributed by atoms with Gasteiger partial charge in [-0.2, -0.15) is 0 Å². The second kappa shape index (κ2) is 4.35. The molecule has 0 bridgehead atoms. The lowest BCUT2D eigenvalue weighted by Crippen LogP contribution is -2.10. The molecule has 17 heavy (non-hydrogen) atoms. The summed E-state index contributed by atoms with van der Waals surface area (Å²) >= 11 is 5.91. The fourth-order valence-electron chi connectivity index (χ4n) is 1.65. The molecule has 0 fully saturated rings. The Hall–Kier alpha value is -1.59. The predicted molar refractivity (Wildman–Crippen MR) is 64.1 cm³/mol. The maximum absolute atomic E-state index is 11.6. The number of fused-ring (bicyclic) bond motifs is 1. The van der Waals surface area contributed by atoms with Crippen LogP contribution in [0.5, 0.6) is 0 Å². The molecule has 6 heteroatoms. The zero-order valence-electron chi connectivity index (χ0n) is 9.48. The van der Waals surface area contributed by atoms with Crippen LogP contribution in [0, 0.1) is 0 Å². The van der Waals surface area contributed by atoms with Crippen molar-refractivity contribution in [1.82, 2.24) is 9.38 Å². The van der Waals surface area contributed by atoms with Crippen molar-refractivity contribution in [2.75, 3.05) is 7.11 Å². The van der Waals surface area contributed by atoms with E-state index >= 15 is 0 Å². The molecule has 0 spiro atoms. The third kappa shape index (κ3) is 1.99. The molecular weight excluding hydrogens is 242 g/mol. The van der Waals surface area contributed by atoms with Gasteiger partial charge in [0, 0.05) is 6.20 Å². The van der Waals surface area contributed by atoms with Gasteiger partial charge in [0.05, 0.1) is 23.7 Å². The Balaban J connectivity index is 2.75. The predicted octanol–water partition coefficient (Wildman–Crippen LogP) is 1.79. The number of aromatic nitrogens is 2. The number of halogens is 1. The topological polar surface area (TPSA) is 69.6 Å². The molecule has 1 unspecified atom stereocenters. The van der Waals surface area contributed by atoms with Crippen LogP contribution in [0.25, 0.3) is 5.52 Å². The molecule has 2 aromatic rings. The van der Waals surface area contributed by atoms with E-state index in [9.17, 15) is 4.79 Å². The summed E-state index contributed by atoms with van der Waals surface area (Å²) in [6.45, 7) is 1.79. The fourth-order valence-corrected chi connectivity index (χ4v) is 1.81. The second-order valence-corrected chi connectivity index (χ2v) is 4.14. The summed E-state index contributed by atoms with van der Waals surface area (Å²) in [4.78, 5) is 15.8. The van der Waals surface area contributed by atoms with Crippen molar-refractivity contribution in [3.05, 3.63) is 34.9 Å². The number of nitrogens with zero attached hydrogens (tertiary/aromatic N) is 2. The first-order valence-corrected chi connectivity index (χ1v) is 5.43. The van der Waals surface area contributed by atoms with Gasteiger partial charge in [-0.15, -0.1) is 0 Å². The lowest BCUT2D eigenvalue weighted by Gasteiger charge is -2.03. The number of ether oxygens (including phenoxy) is 1. The molecule has 0 aliphatic rings. The van der Waals surface area contributed by atoms with Crippen molar-refractivity contribution >= 4 is 23.1 Å². The minimum atomic E-state index is -0.489. The highest BCUT2D eigenvalue weighted by Crippen LogP contribution is 2.20. The average Bonchev–Trinajstić information content (AvgIpc) is 2.66. The second-order valence-electron chi connectivity index (χ2n) is 3.70. The van der Waals surface area contributed by atoms with Gasteiger partial charge in [-0.25, -0.2) is 9.78 Å². The molecule has 0 saturated heterocycles. The Morgan fingerprint density at radius 3 is 2.88 bits per heavy atom. The number of carbonyl (C=O) groups is 1. The molecule has 1 atom stereocenters. The molecule has 0 aliphatic heterocycles. The van der Waals surface area contributed by atoms with Gasteiger partial charge in [-0.05, 0) is 19.1 Å². The largest absolute Gasteiger partial charge is 0.464 e. The van der Waals surface area contributed by atoms with E-state index in [1.807, 2.05) is 0 Å². The van der Waals surface area contributed by atoms with Gasteiger partial charge in [0.25, 0.3) is 0 Å². The molecule has 0 amide bonds. The maximum atomic E-state index is 11.6. The number of carbonyl (C=O) groups excluding carboxylic acids is 1. The highest BCUT2D eigenvalue weighted by atomic mass is 35.5. The van der Waals surface area contributed by atoms with Crippen LogP contribution in [0.4, 0.5) is 0 Å². The molecule has 5 nitrogen and oxygen atoms in total. The van der Waals surface area contributed by atoms with Gasteiger partial charge in [-0.1, -0.05) is 11.6 Å². The van der Waals surface area contributed by atoms with E-state index in [2.05, 4.69) is 9.72 Å². The summed E-state index contributed by atoms with van der Waals surface area (Å²) in [6, 6.07) is 3.10. The Kier molecular flexibility index (Phi) is 3.04. The zero-order chi connectivity index (χ0) is 12.6. The third-order valence-corrected chi connectivity index (χ3v) is 2.64. The van der Waals surface area contributed by atoms with E-state index in [0.717, 1.165) is 0 Å². The summed E-state index contributed by atoms with van der Waals surface area (Å²) < 4.78 is 6.39. The van der Waals surface area contributed by atoms with Crippen LogP contribution in [0.3, 0.4) is 0 Å². The number of imidazole rings is 1. The van der Waals surface area contributed by atoms with Crippen LogP contribution >= 0.6 is 11.6 Å². The fraction of sp³-hybridized carbons (Fsp3) is 0.273. The Bertz CT molecular complexity index is 577. The number of esters is 1. The van der Waals surface area contributed by atoms with Crippen molar-refractivity contribution in [2.45, 2.75) is 13.0 Å². The summed E-state index contributed by atoms with van der Waals surface area (Å²) in [5.74, 6) is 0.0830. The first kappa shape index (κ1) is 11.9. The van der Waals surface area contributed by atoms with Crippen molar-refractivity contribution in [3.8, 4) is 0 Å². The standard InChI is InChI=1S/C11H12ClN3O2/c1-6(13)10-14-9(11(16)17-2)8-4-3-7(12)5-15(8)10/h3-6H,13H2,1-2H3. The first-order chi connectivity index (χ1) is 8.04. The van der Waals surface area contributed by atoms with Crippen LogP contribution in [-0.2, 0) is 4.74 Å². The molecule has 0 saturated carbocycles. The number of pyridine rings is 1. The molecule has 0 aliphatic carbocycles. The van der Waals surface area contributed by atoms with Crippen LogP contribution in [-0.4, -0.2) is 22.5 Å². The molecular formula is C11H12ClN3O2. The number of hydrogen-bond acceptors (Lipinski definition) is 4. The van der Waals surface area contributed by atoms with E-state index < -0.39 is 5.97 Å². The van der Waals surface area contributed by atoms with Crippen LogP contribution < -0.4 is 5.73 Å². The highest BCUT2D eigenvalue weighted by Gasteiger charge is 2.19. The summed E-state index contributed by atoms with van der Waals surface area (Å²) in [6.07, 6.45) is 1.68. The normalized spacial score (nSPS) is 12.7. The van der Waals surface area contributed by atoms with Crippen molar-refractivity contribution in [3.63, 3.8) is 0 Å². The monoisotopic (exact) mass is 253 g/mol. The molecule has 0 radical (unpaired) electrons. The zero-order valence-corrected chi connectivity index (χ0v) is 10.2. The van der Waals surface area contributed by atoms with Gasteiger partial charge >= 0.3 is 5.97 Å². The SMILES string of the molecule is COC(=O)c1nc(C(C)N)n2cc(Cl)ccc12. The number of hydrogen-bond donors (Lipinski definition) is 1. The van der Waals surface area contributed by atoms with Crippen LogP contribution in [0.1, 0.15) is 29.3 Å². The van der Waals surface area contributed by atoms with Crippen molar-refractivity contribution in [1.29, 1.82) is 0 Å². The number of nitrogens with two attached hydrogens (primary N) is 1. The molecule has 2 heterocycles. The molecule has 2 N–H and O–H groups in total. The van der Waals surface area contributed by atoms with E-state index in [1.165, 1.54) is 7.11 Å². The van der Waals surface area contributed by atoms with Gasteiger partial charge in [0.2, 0.25) is 0 Å². The lowest BCUT2D eigenvalue weighted by atomic mass is 10.3. The van der Waals surface area contributed by atoms with Gasteiger partial charge in [0.1, 0.15) is 5.82 Å². The molecule has 90 valence electrons. The minimum absolute atomic E-state index is 0.247. The summed E-state index contributed by atoms with van der Waals surface area (Å²) in [5, 5.41) is 0.549. The molecule has 0 aromatic carbocycles. The van der Waals surface area contributed by atoms with Gasteiger partial charge in [-0.3, -0.25) is 0 Å². The van der Waals surface area contributed by atoms with E-state index in [-0.39, 0.29) is 11.7 Å². The van der Waals surface area contributed by atoms with E-state index in [1.54, 1.807) is 29.7 Å². The molecule has 2 rings (SSSR count). The average molecular weight is 254 g/mol. The maximum Gasteiger partial charge on any atom is 0.358 e. The number of methoxy groups -OCH3 is 1. The summed E-state index contributed by atoms with van der Waals surface area (Å²) in [7, 11) is 1.31. The highest BCUT2D eigenvalue weighted by molar-refractivity contribution is 6.30. The smallest absolute Gasteiger partial charge is 0.358 e.